The average molecular weight is 397 g/mol. The van der Waals surface area contributed by atoms with Crippen molar-refractivity contribution in [2.45, 2.75) is 6.61 Å². The highest BCUT2D eigenvalue weighted by atomic mass is 79.9. The molecule has 0 radical (unpaired) electrons. The van der Waals surface area contributed by atoms with Crippen molar-refractivity contribution in [3.05, 3.63) is 57.5 Å². The lowest BCUT2D eigenvalue weighted by Gasteiger charge is -2.08. The van der Waals surface area contributed by atoms with Gasteiger partial charge >= 0.3 is 5.97 Å². The van der Waals surface area contributed by atoms with E-state index in [1.165, 1.54) is 6.07 Å². The maximum absolute atomic E-state index is 11.9. The van der Waals surface area contributed by atoms with E-state index >= 15 is 0 Å². The lowest BCUT2D eigenvalue weighted by atomic mass is 10.1. The molecule has 3 rings (SSSR count). The third kappa shape index (κ3) is 3.48. The van der Waals surface area contributed by atoms with Crippen LogP contribution in [0.25, 0.3) is 10.9 Å². The molecule has 0 saturated heterocycles. The molecule has 0 bridgehead atoms. The maximum Gasteiger partial charge on any atom is 0.374 e. The second-order valence-electron chi connectivity index (χ2n) is 4.68. The molecule has 0 atom stereocenters. The second kappa shape index (κ2) is 6.60. The van der Waals surface area contributed by atoms with Crippen molar-refractivity contribution in [1.82, 2.24) is 4.98 Å². The van der Waals surface area contributed by atoms with Gasteiger partial charge in [0.25, 0.3) is 0 Å². The van der Waals surface area contributed by atoms with Gasteiger partial charge < -0.3 is 13.9 Å². The Bertz CT molecular complexity index is 878. The van der Waals surface area contributed by atoms with E-state index in [9.17, 15) is 4.79 Å². The molecule has 0 saturated carbocycles. The molecule has 1 aromatic carbocycles. The molecule has 2 heterocycles. The summed E-state index contributed by atoms with van der Waals surface area (Å²) in [7, 11) is 1.59. The van der Waals surface area contributed by atoms with Gasteiger partial charge in [-0.1, -0.05) is 11.6 Å². The fraction of sp³-hybridized carbons (Fsp3) is 0.125. The van der Waals surface area contributed by atoms with E-state index in [1.807, 2.05) is 18.2 Å². The van der Waals surface area contributed by atoms with Crippen LogP contribution in [0.2, 0.25) is 5.15 Å². The lowest BCUT2D eigenvalue weighted by molar-refractivity contribution is 0.0434. The minimum Gasteiger partial charge on any atom is -0.497 e. The highest BCUT2D eigenvalue weighted by Crippen LogP contribution is 2.25. The molecular formula is C16H11BrClNO4. The summed E-state index contributed by atoms with van der Waals surface area (Å²) in [4.78, 5) is 16.2. The molecule has 23 heavy (non-hydrogen) atoms. The van der Waals surface area contributed by atoms with Gasteiger partial charge in [0.15, 0.2) is 4.67 Å². The van der Waals surface area contributed by atoms with Gasteiger partial charge in [0, 0.05) is 17.0 Å². The largest absolute Gasteiger partial charge is 0.497 e. The van der Waals surface area contributed by atoms with Crippen LogP contribution in [0.15, 0.2) is 45.5 Å². The zero-order chi connectivity index (χ0) is 16.4. The van der Waals surface area contributed by atoms with Gasteiger partial charge in [0.2, 0.25) is 5.76 Å². The van der Waals surface area contributed by atoms with E-state index < -0.39 is 5.97 Å². The van der Waals surface area contributed by atoms with Crippen LogP contribution in [-0.2, 0) is 11.3 Å². The normalized spacial score (nSPS) is 10.7. The molecule has 5 nitrogen and oxygen atoms in total. The number of fused-ring (bicyclic) bond motifs is 1. The van der Waals surface area contributed by atoms with Gasteiger partial charge in [0.1, 0.15) is 17.5 Å². The maximum atomic E-state index is 11.9. The smallest absolute Gasteiger partial charge is 0.374 e. The quantitative estimate of drug-likeness (QED) is 0.476. The summed E-state index contributed by atoms with van der Waals surface area (Å²) in [5, 5.41) is 1.15. The summed E-state index contributed by atoms with van der Waals surface area (Å²) in [5.41, 5.74) is 1.32. The zero-order valence-corrected chi connectivity index (χ0v) is 14.3. The van der Waals surface area contributed by atoms with E-state index in [1.54, 1.807) is 19.2 Å². The van der Waals surface area contributed by atoms with E-state index in [0.29, 0.717) is 21.5 Å². The number of hydrogen-bond acceptors (Lipinski definition) is 5. The monoisotopic (exact) mass is 395 g/mol. The number of nitrogens with zero attached hydrogens (tertiary/aromatic N) is 1. The highest BCUT2D eigenvalue weighted by molar-refractivity contribution is 9.10. The van der Waals surface area contributed by atoms with Crippen LogP contribution in [0.5, 0.6) is 5.75 Å². The van der Waals surface area contributed by atoms with Crippen LogP contribution in [-0.4, -0.2) is 18.1 Å². The molecule has 0 aliphatic carbocycles. The molecule has 0 aliphatic rings. The van der Waals surface area contributed by atoms with Crippen molar-refractivity contribution in [3.8, 4) is 5.75 Å². The molecular weight excluding hydrogens is 386 g/mol. The molecule has 2 aromatic heterocycles. The van der Waals surface area contributed by atoms with Crippen molar-refractivity contribution in [2.75, 3.05) is 7.11 Å². The lowest BCUT2D eigenvalue weighted by Crippen LogP contribution is -2.04. The molecule has 118 valence electrons. The summed E-state index contributed by atoms with van der Waals surface area (Å²) >= 11 is 9.29. The number of rotatable bonds is 4. The predicted octanol–water partition coefficient (Wildman–Crippen LogP) is 4.61. The van der Waals surface area contributed by atoms with Crippen LogP contribution >= 0.6 is 27.5 Å². The van der Waals surface area contributed by atoms with Crippen molar-refractivity contribution in [3.63, 3.8) is 0 Å². The second-order valence-corrected chi connectivity index (χ2v) is 5.82. The van der Waals surface area contributed by atoms with E-state index in [0.717, 1.165) is 5.39 Å². The average Bonchev–Trinajstić information content (AvgIpc) is 2.98. The molecule has 0 spiro atoms. The van der Waals surface area contributed by atoms with Gasteiger partial charge in [-0.05, 0) is 46.3 Å². The number of benzene rings is 1. The van der Waals surface area contributed by atoms with Crippen molar-refractivity contribution >= 4 is 44.4 Å². The van der Waals surface area contributed by atoms with Gasteiger partial charge in [-0.25, -0.2) is 9.78 Å². The third-order valence-corrected chi connectivity index (χ3v) is 3.94. The number of halogens is 2. The fourth-order valence-corrected chi connectivity index (χ4v) is 2.54. The Labute approximate surface area is 145 Å². The van der Waals surface area contributed by atoms with Crippen LogP contribution in [0, 0.1) is 0 Å². The molecule has 0 aliphatic heterocycles. The van der Waals surface area contributed by atoms with Crippen LogP contribution < -0.4 is 4.74 Å². The number of pyridine rings is 1. The van der Waals surface area contributed by atoms with Gasteiger partial charge in [0.05, 0.1) is 12.6 Å². The number of furan rings is 1. The molecule has 0 N–H and O–H groups in total. The molecule has 7 heteroatoms. The Balaban J connectivity index is 1.80. The predicted molar refractivity (Wildman–Crippen MR) is 88.8 cm³/mol. The van der Waals surface area contributed by atoms with E-state index in [4.69, 9.17) is 25.5 Å². The minimum atomic E-state index is -0.568. The Morgan fingerprint density at radius 2 is 2.13 bits per heavy atom. The van der Waals surface area contributed by atoms with E-state index in [-0.39, 0.29) is 17.5 Å². The number of hydrogen-bond donors (Lipinski definition) is 0. The summed E-state index contributed by atoms with van der Waals surface area (Å²) in [6.45, 7) is 0.00492. The molecule has 0 fully saturated rings. The van der Waals surface area contributed by atoms with Gasteiger partial charge in [-0.15, -0.1) is 0 Å². The number of carbonyl (C=O) groups excluding carboxylic acids is 1. The molecule has 0 unspecified atom stereocenters. The van der Waals surface area contributed by atoms with Crippen molar-refractivity contribution in [1.29, 1.82) is 0 Å². The minimum absolute atomic E-state index is 0.00492. The van der Waals surface area contributed by atoms with Crippen LogP contribution in [0.1, 0.15) is 16.1 Å². The van der Waals surface area contributed by atoms with Gasteiger partial charge in [-0.2, -0.15) is 0 Å². The molecule has 3 aromatic rings. The zero-order valence-electron chi connectivity index (χ0n) is 12.0. The third-order valence-electron chi connectivity index (χ3n) is 3.18. The first kappa shape index (κ1) is 15.8. The molecule has 0 amide bonds. The number of methoxy groups -OCH3 is 1. The summed E-state index contributed by atoms with van der Waals surface area (Å²) in [6.07, 6.45) is 0. The van der Waals surface area contributed by atoms with Crippen molar-refractivity contribution in [2.24, 2.45) is 0 Å². The highest BCUT2D eigenvalue weighted by Gasteiger charge is 2.14. The Morgan fingerprint density at radius 3 is 2.83 bits per heavy atom. The summed E-state index contributed by atoms with van der Waals surface area (Å²) < 4.78 is 16.0. The van der Waals surface area contributed by atoms with Crippen LogP contribution in [0.3, 0.4) is 0 Å². The van der Waals surface area contributed by atoms with Crippen molar-refractivity contribution < 1.29 is 18.7 Å². The van der Waals surface area contributed by atoms with Crippen LogP contribution in [0.4, 0.5) is 0 Å². The first-order valence-electron chi connectivity index (χ1n) is 6.62. The SMILES string of the molecule is COc1ccc2cc(COC(=O)c3ccc(Br)o3)c(Cl)nc2c1. The van der Waals surface area contributed by atoms with Gasteiger partial charge in [-0.3, -0.25) is 0 Å². The number of esters is 1. The Morgan fingerprint density at radius 1 is 1.30 bits per heavy atom. The number of ether oxygens (including phenoxy) is 2. The standard InChI is InChI=1S/C16H11BrClNO4/c1-21-11-3-2-9-6-10(15(18)19-12(9)7-11)8-22-16(20)13-4-5-14(17)23-13/h2-7H,8H2,1H3. The Hall–Kier alpha value is -2.05. The Kier molecular flexibility index (Phi) is 4.54. The topological polar surface area (TPSA) is 61.6 Å². The number of aromatic nitrogens is 1. The first-order valence-corrected chi connectivity index (χ1v) is 7.79. The fourth-order valence-electron chi connectivity index (χ4n) is 2.03. The first-order chi connectivity index (χ1) is 11.1. The number of carbonyl (C=O) groups is 1. The summed E-state index contributed by atoms with van der Waals surface area (Å²) in [6, 6.07) is 10.5. The summed E-state index contributed by atoms with van der Waals surface area (Å²) in [5.74, 6) is 0.247. The van der Waals surface area contributed by atoms with E-state index in [2.05, 4.69) is 20.9 Å².